The van der Waals surface area contributed by atoms with Gasteiger partial charge >= 0.3 is 0 Å². The van der Waals surface area contributed by atoms with E-state index in [1.165, 1.54) is 82.5 Å². The van der Waals surface area contributed by atoms with Gasteiger partial charge in [0.1, 0.15) is 0 Å². The Balaban J connectivity index is 1.10. The van der Waals surface area contributed by atoms with Crippen molar-refractivity contribution in [3.63, 3.8) is 0 Å². The normalized spacial score (nSPS) is 11.5. The maximum absolute atomic E-state index is 2.50. The molecule has 9 aromatic rings. The summed E-state index contributed by atoms with van der Waals surface area (Å²) in [5.74, 6) is 0. The van der Waals surface area contributed by atoms with E-state index >= 15 is 0 Å². The first-order valence-electron chi connectivity index (χ1n) is 17.2. The molecule has 9 rings (SSSR count). The summed E-state index contributed by atoms with van der Waals surface area (Å²) in [6.07, 6.45) is 0. The minimum atomic E-state index is 0.830. The van der Waals surface area contributed by atoms with Gasteiger partial charge < -0.3 is 9.47 Å². The topological polar surface area (TPSA) is 8.17 Å². The van der Waals surface area contributed by atoms with Crippen LogP contribution in [-0.4, -0.2) is 11.1 Å². The molecule has 0 bridgehead atoms. The van der Waals surface area contributed by atoms with Gasteiger partial charge in [0, 0.05) is 35.2 Å². The minimum absolute atomic E-state index is 0.830. The maximum Gasteiger partial charge on any atom is 0.0541 e. The van der Waals surface area contributed by atoms with Crippen molar-refractivity contribution in [2.24, 2.45) is 0 Å². The minimum Gasteiger partial charge on any atom is -0.367 e. The SMILES string of the molecule is CCN(Cc1c2ccccc2c(-c2ccccc2)c2ccccc12)c1ccc(-c2ccc3c(c2)c2ccccc2n3-c2ccccc2)cc1. The molecule has 49 heavy (non-hydrogen) atoms. The lowest BCUT2D eigenvalue weighted by molar-refractivity contribution is 0.841. The van der Waals surface area contributed by atoms with Crippen LogP contribution in [0.2, 0.25) is 0 Å². The molecule has 0 atom stereocenters. The lowest BCUT2D eigenvalue weighted by Crippen LogP contribution is -2.22. The van der Waals surface area contributed by atoms with E-state index in [0.717, 1.165) is 13.1 Å². The zero-order valence-corrected chi connectivity index (χ0v) is 27.6. The first-order chi connectivity index (χ1) is 24.3. The second kappa shape index (κ2) is 12.2. The monoisotopic (exact) mass is 628 g/mol. The molecular weight excluding hydrogens is 593 g/mol. The number of nitrogens with zero attached hydrogens (tertiary/aromatic N) is 2. The molecule has 0 aliphatic carbocycles. The quantitative estimate of drug-likeness (QED) is 0.159. The molecule has 0 amide bonds. The van der Waals surface area contributed by atoms with Crippen molar-refractivity contribution < 1.29 is 0 Å². The molecule has 2 heteroatoms. The third-order valence-electron chi connectivity index (χ3n) is 10.1. The van der Waals surface area contributed by atoms with E-state index in [-0.39, 0.29) is 0 Å². The predicted molar refractivity (Wildman–Crippen MR) is 210 cm³/mol. The summed E-state index contributed by atoms with van der Waals surface area (Å²) in [5, 5.41) is 7.79. The summed E-state index contributed by atoms with van der Waals surface area (Å²) < 4.78 is 2.37. The molecule has 0 aliphatic heterocycles. The lowest BCUT2D eigenvalue weighted by atomic mass is 9.88. The van der Waals surface area contributed by atoms with Gasteiger partial charge in [-0.15, -0.1) is 0 Å². The first kappa shape index (κ1) is 29.1. The van der Waals surface area contributed by atoms with E-state index in [9.17, 15) is 0 Å². The van der Waals surface area contributed by atoms with E-state index in [1.807, 2.05) is 0 Å². The first-order valence-corrected chi connectivity index (χ1v) is 17.2. The highest BCUT2D eigenvalue weighted by Crippen LogP contribution is 2.40. The van der Waals surface area contributed by atoms with Crippen molar-refractivity contribution in [1.29, 1.82) is 0 Å². The van der Waals surface area contributed by atoms with E-state index in [0.29, 0.717) is 0 Å². The van der Waals surface area contributed by atoms with E-state index < -0.39 is 0 Å². The maximum atomic E-state index is 2.50. The van der Waals surface area contributed by atoms with Gasteiger partial charge in [0.25, 0.3) is 0 Å². The molecule has 234 valence electrons. The van der Waals surface area contributed by atoms with Gasteiger partial charge in [-0.05, 0) is 98.8 Å². The summed E-state index contributed by atoms with van der Waals surface area (Å²) in [6, 6.07) is 64.1. The highest BCUT2D eigenvalue weighted by atomic mass is 15.1. The van der Waals surface area contributed by atoms with Crippen LogP contribution in [0.1, 0.15) is 12.5 Å². The number of benzene rings is 8. The van der Waals surface area contributed by atoms with Crippen LogP contribution < -0.4 is 4.90 Å². The molecule has 0 spiro atoms. The predicted octanol–water partition coefficient (Wildman–Crippen LogP) is 12.5. The Morgan fingerprint density at radius 2 is 0.959 bits per heavy atom. The molecule has 0 unspecified atom stereocenters. The summed E-state index contributed by atoms with van der Waals surface area (Å²) >= 11 is 0. The summed E-state index contributed by atoms with van der Waals surface area (Å²) in [7, 11) is 0. The average molecular weight is 629 g/mol. The van der Waals surface area contributed by atoms with Gasteiger partial charge in [-0.25, -0.2) is 0 Å². The Kier molecular flexibility index (Phi) is 7.21. The van der Waals surface area contributed by atoms with E-state index in [1.54, 1.807) is 0 Å². The number of para-hydroxylation sites is 2. The number of aromatic nitrogens is 1. The van der Waals surface area contributed by atoms with Crippen LogP contribution in [0.15, 0.2) is 176 Å². The molecule has 0 N–H and O–H groups in total. The Bertz CT molecular complexity index is 2540. The molecule has 8 aromatic carbocycles. The Morgan fingerprint density at radius 3 is 1.61 bits per heavy atom. The number of hydrogen-bond acceptors (Lipinski definition) is 1. The van der Waals surface area contributed by atoms with Gasteiger partial charge in [0.2, 0.25) is 0 Å². The summed E-state index contributed by atoms with van der Waals surface area (Å²) in [4.78, 5) is 2.50. The molecular formula is C47H36N2. The van der Waals surface area contributed by atoms with Gasteiger partial charge in [-0.1, -0.05) is 133 Å². The molecule has 1 aromatic heterocycles. The smallest absolute Gasteiger partial charge is 0.0541 e. The van der Waals surface area contributed by atoms with Crippen molar-refractivity contribution in [2.45, 2.75) is 13.5 Å². The van der Waals surface area contributed by atoms with Crippen LogP contribution >= 0.6 is 0 Å². The molecule has 1 heterocycles. The van der Waals surface area contributed by atoms with Gasteiger partial charge in [0.05, 0.1) is 11.0 Å². The van der Waals surface area contributed by atoms with Crippen LogP contribution in [0, 0.1) is 0 Å². The van der Waals surface area contributed by atoms with Crippen LogP contribution in [-0.2, 0) is 6.54 Å². The summed E-state index contributed by atoms with van der Waals surface area (Å²) in [6.45, 7) is 4.00. The molecule has 0 saturated carbocycles. The van der Waals surface area contributed by atoms with Crippen molar-refractivity contribution in [2.75, 3.05) is 11.4 Å². The van der Waals surface area contributed by atoms with E-state index in [4.69, 9.17) is 0 Å². The average Bonchev–Trinajstić information content (AvgIpc) is 3.51. The van der Waals surface area contributed by atoms with Crippen LogP contribution in [0.25, 0.3) is 71.3 Å². The summed E-state index contributed by atoms with van der Waals surface area (Å²) in [5.41, 5.74) is 11.3. The van der Waals surface area contributed by atoms with Crippen LogP contribution in [0.3, 0.4) is 0 Å². The van der Waals surface area contributed by atoms with Crippen molar-refractivity contribution in [3.8, 4) is 27.9 Å². The van der Waals surface area contributed by atoms with Crippen LogP contribution in [0.4, 0.5) is 5.69 Å². The molecule has 0 radical (unpaired) electrons. The van der Waals surface area contributed by atoms with Gasteiger partial charge in [0.15, 0.2) is 0 Å². The number of anilines is 1. The second-order valence-corrected chi connectivity index (χ2v) is 12.8. The van der Waals surface area contributed by atoms with Crippen molar-refractivity contribution in [3.05, 3.63) is 181 Å². The number of fused-ring (bicyclic) bond motifs is 5. The van der Waals surface area contributed by atoms with E-state index in [2.05, 4.69) is 192 Å². The highest BCUT2D eigenvalue weighted by Gasteiger charge is 2.18. The van der Waals surface area contributed by atoms with Gasteiger partial charge in [-0.2, -0.15) is 0 Å². The standard InChI is InChI=1S/C47H36N2/c1-2-48(32-44-38-19-9-11-22-41(38)47(34-15-5-3-6-16-34)42-23-12-10-20-39(42)44)36-28-25-33(26-29-36)35-27-30-46-43(31-35)40-21-13-14-24-45(40)49(46)37-17-7-4-8-18-37/h3-31H,2,32H2,1H3. The largest absolute Gasteiger partial charge is 0.367 e. The Morgan fingerprint density at radius 1 is 0.429 bits per heavy atom. The van der Waals surface area contributed by atoms with Crippen molar-refractivity contribution in [1.82, 2.24) is 4.57 Å². The fourth-order valence-electron chi connectivity index (χ4n) is 7.75. The van der Waals surface area contributed by atoms with Gasteiger partial charge in [-0.3, -0.25) is 0 Å². The highest BCUT2D eigenvalue weighted by molar-refractivity contribution is 6.15. The zero-order valence-electron chi connectivity index (χ0n) is 27.6. The Hall–Kier alpha value is -6.12. The third kappa shape index (κ3) is 4.96. The zero-order chi connectivity index (χ0) is 32.7. The molecule has 0 aliphatic rings. The third-order valence-corrected chi connectivity index (χ3v) is 10.1. The lowest BCUT2D eigenvalue weighted by Gasteiger charge is -2.26. The fraction of sp³-hybridized carbons (Fsp3) is 0.0638. The van der Waals surface area contributed by atoms with Crippen LogP contribution in [0.5, 0.6) is 0 Å². The number of hydrogen-bond donors (Lipinski definition) is 0. The van der Waals surface area contributed by atoms with Crippen molar-refractivity contribution >= 4 is 49.0 Å². The number of rotatable bonds is 7. The second-order valence-electron chi connectivity index (χ2n) is 12.8. The molecule has 0 fully saturated rings. The fourth-order valence-corrected chi connectivity index (χ4v) is 7.75. The molecule has 0 saturated heterocycles. The molecule has 2 nitrogen and oxygen atoms in total. The Labute approximate surface area is 287 Å².